The van der Waals surface area contributed by atoms with E-state index >= 15 is 0 Å². The smallest absolute Gasteiger partial charge is 0.276 e. The molecule has 0 aliphatic heterocycles. The van der Waals surface area contributed by atoms with Crippen LogP contribution in [0.15, 0.2) is 142 Å². The highest BCUT2D eigenvalue weighted by atomic mass is 16.2. The van der Waals surface area contributed by atoms with E-state index in [2.05, 4.69) is 31.3 Å². The molecule has 5 nitrogen and oxygen atoms in total. The number of carbonyl (C=O) groups is 2. The van der Waals surface area contributed by atoms with Gasteiger partial charge in [0.1, 0.15) is 11.4 Å². The molecule has 0 radical (unpaired) electrons. The molecule has 0 N–H and O–H groups in total. The summed E-state index contributed by atoms with van der Waals surface area (Å²) < 4.78 is 0. The van der Waals surface area contributed by atoms with Crippen molar-refractivity contribution in [2.45, 2.75) is 0 Å². The minimum absolute atomic E-state index is 0.125. The summed E-state index contributed by atoms with van der Waals surface area (Å²) in [6.07, 6.45) is 6.97. The van der Waals surface area contributed by atoms with Crippen LogP contribution in [0.5, 0.6) is 0 Å². The predicted octanol–water partition coefficient (Wildman–Crippen LogP) is 9.61. The zero-order valence-electron chi connectivity index (χ0n) is 24.3. The molecule has 44 heavy (non-hydrogen) atoms. The summed E-state index contributed by atoms with van der Waals surface area (Å²) in [4.78, 5) is 36.1. The number of amides is 2. The average Bonchev–Trinajstić information content (AvgIpc) is 3.09. The third kappa shape index (κ3) is 6.22. The number of anilines is 4. The highest BCUT2D eigenvalue weighted by Gasteiger charge is 2.25. The number of rotatable bonds is 10. The lowest BCUT2D eigenvalue weighted by Crippen LogP contribution is -2.30. The number of benzene rings is 4. The molecule has 5 aromatic rings. The summed E-state index contributed by atoms with van der Waals surface area (Å²) in [6, 6.07) is 34.9. The first kappa shape index (κ1) is 29.4. The number of carbonyl (C=O) groups excluding carboxylic acids is 2. The molecule has 0 spiro atoms. The van der Waals surface area contributed by atoms with Crippen molar-refractivity contribution in [3.63, 3.8) is 0 Å². The first-order valence-corrected chi connectivity index (χ1v) is 14.0. The van der Waals surface area contributed by atoms with E-state index in [4.69, 9.17) is 0 Å². The van der Waals surface area contributed by atoms with Crippen molar-refractivity contribution in [1.29, 1.82) is 0 Å². The molecule has 0 aliphatic rings. The van der Waals surface area contributed by atoms with Gasteiger partial charge in [0.25, 0.3) is 11.8 Å². The lowest BCUT2D eigenvalue weighted by atomic mass is 10.1. The van der Waals surface area contributed by atoms with E-state index in [1.54, 1.807) is 52.3 Å². The second-order valence-electron chi connectivity index (χ2n) is 9.87. The first-order chi connectivity index (χ1) is 21.4. The Morgan fingerprint density at radius 3 is 0.909 bits per heavy atom. The zero-order valence-corrected chi connectivity index (χ0v) is 24.3. The molecular weight excluding hydrogens is 542 g/mol. The number of hydrogen-bond donors (Lipinski definition) is 0. The van der Waals surface area contributed by atoms with Gasteiger partial charge in [0.05, 0.1) is 0 Å². The summed E-state index contributed by atoms with van der Waals surface area (Å²) >= 11 is 0. The monoisotopic (exact) mass is 573 g/mol. The van der Waals surface area contributed by atoms with Crippen LogP contribution >= 0.6 is 0 Å². The van der Waals surface area contributed by atoms with Crippen LogP contribution in [0.25, 0.3) is 24.3 Å². The van der Waals surface area contributed by atoms with Crippen LogP contribution in [0.3, 0.4) is 0 Å². The van der Waals surface area contributed by atoms with Gasteiger partial charge in [-0.2, -0.15) is 0 Å². The second-order valence-corrected chi connectivity index (χ2v) is 9.87. The number of pyridine rings is 1. The van der Waals surface area contributed by atoms with Crippen molar-refractivity contribution in [3.8, 4) is 0 Å². The molecule has 0 bridgehead atoms. The Bertz CT molecular complexity index is 1600. The van der Waals surface area contributed by atoms with Gasteiger partial charge in [-0.05, 0) is 82.9 Å². The molecule has 0 aliphatic carbocycles. The van der Waals surface area contributed by atoms with Gasteiger partial charge in [-0.1, -0.05) is 105 Å². The minimum Gasteiger partial charge on any atom is -0.276 e. The van der Waals surface area contributed by atoms with Gasteiger partial charge in [0.15, 0.2) is 0 Å². The van der Waals surface area contributed by atoms with Crippen LogP contribution in [0.2, 0.25) is 0 Å². The Hall–Kier alpha value is -6.07. The summed E-state index contributed by atoms with van der Waals surface area (Å²) in [5, 5.41) is 0. The van der Waals surface area contributed by atoms with Crippen LogP contribution in [-0.2, 0) is 0 Å². The molecule has 5 heteroatoms. The van der Waals surface area contributed by atoms with E-state index in [0.29, 0.717) is 22.7 Å². The number of nitrogens with zero attached hydrogens (tertiary/aromatic N) is 3. The fourth-order valence-corrected chi connectivity index (χ4v) is 4.71. The molecule has 5 rings (SSSR count). The van der Waals surface area contributed by atoms with E-state index < -0.39 is 0 Å². The summed E-state index contributed by atoms with van der Waals surface area (Å²) in [5.74, 6) is -0.760. The summed E-state index contributed by atoms with van der Waals surface area (Å²) in [5.41, 5.74) is 6.56. The number of hydrogen-bond acceptors (Lipinski definition) is 3. The van der Waals surface area contributed by atoms with E-state index in [-0.39, 0.29) is 23.2 Å². The standard InChI is InChI=1S/C39H31N3O2/c1-5-28-12-20-32(21-13-28)41(33-22-14-29(6-2)15-23-33)38(43)36-10-9-11-37(40-36)39(44)42(34-24-16-30(7-3)17-25-34)35-26-18-31(8-4)19-27-35/h5-27H,1-4H2. The largest absolute Gasteiger partial charge is 0.281 e. The van der Waals surface area contributed by atoms with E-state index in [1.165, 1.54) is 0 Å². The highest BCUT2D eigenvalue weighted by Crippen LogP contribution is 2.31. The van der Waals surface area contributed by atoms with Gasteiger partial charge in [-0.15, -0.1) is 0 Å². The van der Waals surface area contributed by atoms with Gasteiger partial charge in [0, 0.05) is 22.7 Å². The Balaban J connectivity index is 1.56. The first-order valence-electron chi connectivity index (χ1n) is 14.0. The van der Waals surface area contributed by atoms with E-state index in [1.807, 2.05) is 97.1 Å². The predicted molar refractivity (Wildman–Crippen MR) is 183 cm³/mol. The molecule has 0 unspecified atom stereocenters. The summed E-state index contributed by atoms with van der Waals surface area (Å²) in [7, 11) is 0. The lowest BCUT2D eigenvalue weighted by molar-refractivity contribution is 0.0990. The van der Waals surface area contributed by atoms with Crippen LogP contribution < -0.4 is 9.80 Å². The number of aromatic nitrogens is 1. The molecule has 1 heterocycles. The fraction of sp³-hybridized carbons (Fsp3) is 0. The molecule has 2 amide bonds. The van der Waals surface area contributed by atoms with Crippen molar-refractivity contribution in [2.24, 2.45) is 0 Å². The second kappa shape index (κ2) is 13.3. The molecule has 1 aromatic heterocycles. The van der Waals surface area contributed by atoms with Gasteiger partial charge < -0.3 is 0 Å². The Morgan fingerprint density at radius 2 is 0.682 bits per heavy atom. The molecular formula is C39H31N3O2. The van der Waals surface area contributed by atoms with Crippen LogP contribution in [-0.4, -0.2) is 16.8 Å². The molecule has 4 aromatic carbocycles. The molecule has 0 saturated carbocycles. The zero-order chi connectivity index (χ0) is 31.1. The molecule has 0 atom stereocenters. The molecule has 0 saturated heterocycles. The van der Waals surface area contributed by atoms with Gasteiger partial charge in [-0.3, -0.25) is 19.4 Å². The maximum absolute atomic E-state index is 14.2. The lowest BCUT2D eigenvalue weighted by Gasteiger charge is -2.25. The van der Waals surface area contributed by atoms with Crippen molar-refractivity contribution in [3.05, 3.63) is 175 Å². The highest BCUT2D eigenvalue weighted by molar-refractivity contribution is 6.12. The Morgan fingerprint density at radius 1 is 0.432 bits per heavy atom. The summed E-state index contributed by atoms with van der Waals surface area (Å²) in [6.45, 7) is 15.3. The fourth-order valence-electron chi connectivity index (χ4n) is 4.71. The minimum atomic E-state index is -0.380. The van der Waals surface area contributed by atoms with Gasteiger partial charge >= 0.3 is 0 Å². The van der Waals surface area contributed by atoms with Crippen molar-refractivity contribution in [1.82, 2.24) is 4.98 Å². The third-order valence-corrected chi connectivity index (χ3v) is 7.14. The Labute approximate surface area is 258 Å². The van der Waals surface area contributed by atoms with Crippen molar-refractivity contribution in [2.75, 3.05) is 9.80 Å². The maximum Gasteiger partial charge on any atom is 0.281 e. The SMILES string of the molecule is C=Cc1ccc(N(C(=O)c2cccc(C(=O)N(c3ccc(C=C)cc3)c3ccc(C=C)cc3)n2)c2ccc(C=C)cc2)cc1. The van der Waals surface area contributed by atoms with Crippen LogP contribution in [0.4, 0.5) is 22.7 Å². The van der Waals surface area contributed by atoms with Gasteiger partial charge in [-0.25, -0.2) is 4.98 Å². The van der Waals surface area contributed by atoms with Gasteiger partial charge in [0.2, 0.25) is 0 Å². The topological polar surface area (TPSA) is 53.5 Å². The third-order valence-electron chi connectivity index (χ3n) is 7.14. The molecule has 0 fully saturated rings. The van der Waals surface area contributed by atoms with Crippen molar-refractivity contribution < 1.29 is 9.59 Å². The molecule has 214 valence electrons. The van der Waals surface area contributed by atoms with Crippen molar-refractivity contribution >= 4 is 58.9 Å². The Kier molecular flexibility index (Phi) is 8.88. The van der Waals surface area contributed by atoms with E-state index in [0.717, 1.165) is 22.3 Å². The average molecular weight is 574 g/mol. The normalized spacial score (nSPS) is 10.4. The van der Waals surface area contributed by atoms with E-state index in [9.17, 15) is 9.59 Å². The van der Waals surface area contributed by atoms with Crippen LogP contribution in [0.1, 0.15) is 43.2 Å². The van der Waals surface area contributed by atoms with Crippen LogP contribution in [0, 0.1) is 0 Å². The maximum atomic E-state index is 14.2. The quantitative estimate of drug-likeness (QED) is 0.167.